The first kappa shape index (κ1) is 10.5. The monoisotopic (exact) mass is 227 g/mol. The SMILES string of the molecule is CC(CC1CC1)Nc1ncc2ccccc2n1. The van der Waals surface area contributed by atoms with Crippen LogP contribution in [0.2, 0.25) is 0 Å². The van der Waals surface area contributed by atoms with Gasteiger partial charge < -0.3 is 5.32 Å². The quantitative estimate of drug-likeness (QED) is 0.871. The Morgan fingerprint density at radius 1 is 1.35 bits per heavy atom. The summed E-state index contributed by atoms with van der Waals surface area (Å²) in [6, 6.07) is 8.53. The molecule has 1 atom stereocenters. The molecule has 1 N–H and O–H groups in total. The van der Waals surface area contributed by atoms with E-state index in [0.29, 0.717) is 6.04 Å². The minimum Gasteiger partial charge on any atom is -0.352 e. The molecule has 0 radical (unpaired) electrons. The summed E-state index contributed by atoms with van der Waals surface area (Å²) >= 11 is 0. The van der Waals surface area contributed by atoms with Gasteiger partial charge in [-0.2, -0.15) is 0 Å². The average Bonchev–Trinajstić information content (AvgIpc) is 3.12. The molecule has 0 bridgehead atoms. The van der Waals surface area contributed by atoms with E-state index >= 15 is 0 Å². The lowest BCUT2D eigenvalue weighted by molar-refractivity contribution is 0.638. The van der Waals surface area contributed by atoms with Gasteiger partial charge in [-0.25, -0.2) is 9.97 Å². The number of nitrogens with zero attached hydrogens (tertiary/aromatic N) is 2. The van der Waals surface area contributed by atoms with Crippen LogP contribution in [0.3, 0.4) is 0 Å². The second-order valence-electron chi connectivity index (χ2n) is 4.98. The maximum Gasteiger partial charge on any atom is 0.223 e. The zero-order chi connectivity index (χ0) is 11.7. The summed E-state index contributed by atoms with van der Waals surface area (Å²) < 4.78 is 0. The fourth-order valence-electron chi connectivity index (χ4n) is 2.17. The molecule has 1 aliphatic rings. The van der Waals surface area contributed by atoms with Crippen molar-refractivity contribution in [1.82, 2.24) is 9.97 Å². The first-order valence-electron chi connectivity index (χ1n) is 6.29. The molecule has 3 heteroatoms. The molecule has 1 aromatic carbocycles. The number of anilines is 1. The topological polar surface area (TPSA) is 37.8 Å². The Balaban J connectivity index is 1.75. The summed E-state index contributed by atoms with van der Waals surface area (Å²) in [6.45, 7) is 2.21. The van der Waals surface area contributed by atoms with Gasteiger partial charge in [-0.3, -0.25) is 0 Å². The predicted molar refractivity (Wildman–Crippen MR) is 70.0 cm³/mol. The number of nitrogens with one attached hydrogen (secondary N) is 1. The molecule has 0 spiro atoms. The van der Waals surface area contributed by atoms with Crippen LogP contribution in [0.25, 0.3) is 10.9 Å². The Bertz CT molecular complexity index is 520. The van der Waals surface area contributed by atoms with E-state index in [2.05, 4.69) is 22.2 Å². The second-order valence-corrected chi connectivity index (χ2v) is 4.98. The molecular formula is C14H17N3. The summed E-state index contributed by atoms with van der Waals surface area (Å²) in [5, 5.41) is 4.47. The molecule has 1 unspecified atom stereocenters. The van der Waals surface area contributed by atoms with Crippen LogP contribution in [0.1, 0.15) is 26.2 Å². The van der Waals surface area contributed by atoms with Gasteiger partial charge in [0.15, 0.2) is 0 Å². The lowest BCUT2D eigenvalue weighted by Crippen LogP contribution is -2.17. The molecule has 1 aromatic heterocycles. The van der Waals surface area contributed by atoms with E-state index in [0.717, 1.165) is 22.8 Å². The van der Waals surface area contributed by atoms with Crippen LogP contribution in [0, 0.1) is 5.92 Å². The standard InChI is InChI=1S/C14H17N3/c1-10(8-11-6-7-11)16-14-15-9-12-4-2-3-5-13(12)17-14/h2-5,9-11H,6-8H2,1H3,(H,15,16,17). The number of para-hydroxylation sites is 1. The van der Waals surface area contributed by atoms with Crippen LogP contribution in [0.5, 0.6) is 0 Å². The van der Waals surface area contributed by atoms with Crippen molar-refractivity contribution in [3.8, 4) is 0 Å². The van der Waals surface area contributed by atoms with E-state index in [4.69, 9.17) is 0 Å². The highest BCUT2D eigenvalue weighted by Gasteiger charge is 2.23. The van der Waals surface area contributed by atoms with Crippen molar-refractivity contribution in [3.63, 3.8) is 0 Å². The largest absolute Gasteiger partial charge is 0.352 e. The Kier molecular flexibility index (Phi) is 2.67. The maximum absolute atomic E-state index is 4.52. The van der Waals surface area contributed by atoms with Gasteiger partial charge in [0.1, 0.15) is 0 Å². The van der Waals surface area contributed by atoms with E-state index in [1.807, 2.05) is 30.5 Å². The smallest absolute Gasteiger partial charge is 0.223 e. The molecule has 17 heavy (non-hydrogen) atoms. The molecule has 1 heterocycles. The third-order valence-corrected chi connectivity index (χ3v) is 3.25. The summed E-state index contributed by atoms with van der Waals surface area (Å²) in [6.07, 6.45) is 5.90. The van der Waals surface area contributed by atoms with Crippen LogP contribution in [-0.4, -0.2) is 16.0 Å². The van der Waals surface area contributed by atoms with E-state index < -0.39 is 0 Å². The van der Waals surface area contributed by atoms with Gasteiger partial charge in [0.25, 0.3) is 0 Å². The zero-order valence-electron chi connectivity index (χ0n) is 10.1. The van der Waals surface area contributed by atoms with Gasteiger partial charge in [0.05, 0.1) is 5.52 Å². The summed E-state index contributed by atoms with van der Waals surface area (Å²) in [5.74, 6) is 1.68. The van der Waals surface area contributed by atoms with Crippen molar-refractivity contribution < 1.29 is 0 Å². The molecule has 0 aliphatic heterocycles. The number of benzene rings is 1. The molecule has 0 saturated heterocycles. The van der Waals surface area contributed by atoms with Crippen LogP contribution >= 0.6 is 0 Å². The minimum atomic E-state index is 0.462. The number of rotatable bonds is 4. The Hall–Kier alpha value is -1.64. The normalized spacial score (nSPS) is 17.0. The van der Waals surface area contributed by atoms with Crippen molar-refractivity contribution in [2.45, 2.75) is 32.2 Å². The van der Waals surface area contributed by atoms with Crippen LogP contribution in [-0.2, 0) is 0 Å². The predicted octanol–water partition coefficient (Wildman–Crippen LogP) is 3.23. The Morgan fingerprint density at radius 2 is 2.18 bits per heavy atom. The van der Waals surface area contributed by atoms with Crippen molar-refractivity contribution in [2.75, 3.05) is 5.32 Å². The van der Waals surface area contributed by atoms with Crippen molar-refractivity contribution in [2.24, 2.45) is 5.92 Å². The van der Waals surface area contributed by atoms with Crippen LogP contribution < -0.4 is 5.32 Å². The molecule has 0 amide bonds. The fourth-order valence-corrected chi connectivity index (χ4v) is 2.17. The van der Waals surface area contributed by atoms with Crippen molar-refractivity contribution in [1.29, 1.82) is 0 Å². The molecule has 1 fully saturated rings. The fraction of sp³-hybridized carbons (Fsp3) is 0.429. The zero-order valence-corrected chi connectivity index (χ0v) is 10.1. The van der Waals surface area contributed by atoms with Gasteiger partial charge in [-0.05, 0) is 25.3 Å². The first-order valence-corrected chi connectivity index (χ1v) is 6.29. The Labute approximate surface area is 101 Å². The lowest BCUT2D eigenvalue weighted by Gasteiger charge is -2.13. The number of aromatic nitrogens is 2. The molecular weight excluding hydrogens is 210 g/mol. The average molecular weight is 227 g/mol. The highest BCUT2D eigenvalue weighted by Crippen LogP contribution is 2.33. The van der Waals surface area contributed by atoms with Gasteiger partial charge in [-0.1, -0.05) is 31.0 Å². The lowest BCUT2D eigenvalue weighted by atomic mass is 10.2. The molecule has 88 valence electrons. The van der Waals surface area contributed by atoms with Crippen LogP contribution in [0.15, 0.2) is 30.5 Å². The Morgan fingerprint density at radius 3 is 3.00 bits per heavy atom. The summed E-state index contributed by atoms with van der Waals surface area (Å²) in [5.41, 5.74) is 1.00. The molecule has 2 aromatic rings. The van der Waals surface area contributed by atoms with Crippen LogP contribution in [0.4, 0.5) is 5.95 Å². The van der Waals surface area contributed by atoms with Crippen molar-refractivity contribution >= 4 is 16.9 Å². The second kappa shape index (κ2) is 4.32. The number of hydrogen-bond donors (Lipinski definition) is 1. The van der Waals surface area contributed by atoms with Gasteiger partial charge in [-0.15, -0.1) is 0 Å². The van der Waals surface area contributed by atoms with E-state index in [-0.39, 0.29) is 0 Å². The molecule has 1 aliphatic carbocycles. The van der Waals surface area contributed by atoms with Gasteiger partial charge >= 0.3 is 0 Å². The third-order valence-electron chi connectivity index (χ3n) is 3.25. The van der Waals surface area contributed by atoms with E-state index in [1.165, 1.54) is 19.3 Å². The van der Waals surface area contributed by atoms with Gasteiger partial charge in [0.2, 0.25) is 5.95 Å². The van der Waals surface area contributed by atoms with Crippen molar-refractivity contribution in [3.05, 3.63) is 30.5 Å². The summed E-state index contributed by atoms with van der Waals surface area (Å²) in [4.78, 5) is 8.87. The van der Waals surface area contributed by atoms with E-state index in [9.17, 15) is 0 Å². The summed E-state index contributed by atoms with van der Waals surface area (Å²) in [7, 11) is 0. The minimum absolute atomic E-state index is 0.462. The van der Waals surface area contributed by atoms with Gasteiger partial charge in [0, 0.05) is 17.6 Å². The third kappa shape index (κ3) is 2.54. The number of fused-ring (bicyclic) bond motifs is 1. The molecule has 1 saturated carbocycles. The van der Waals surface area contributed by atoms with E-state index in [1.54, 1.807) is 0 Å². The highest BCUT2D eigenvalue weighted by molar-refractivity contribution is 5.78. The highest BCUT2D eigenvalue weighted by atomic mass is 15.1. The first-order chi connectivity index (χ1) is 8.31. The number of hydrogen-bond acceptors (Lipinski definition) is 3. The molecule has 3 nitrogen and oxygen atoms in total. The molecule has 3 rings (SSSR count). The maximum atomic E-state index is 4.52.